The van der Waals surface area contributed by atoms with E-state index >= 15 is 0 Å². The van der Waals surface area contributed by atoms with Crippen molar-refractivity contribution < 1.29 is 14.3 Å². The maximum atomic E-state index is 12.4. The molecule has 1 amide bonds. The van der Waals surface area contributed by atoms with E-state index in [9.17, 15) is 4.79 Å². The second-order valence-electron chi connectivity index (χ2n) is 7.28. The van der Waals surface area contributed by atoms with Crippen molar-refractivity contribution in [3.8, 4) is 5.75 Å². The van der Waals surface area contributed by atoms with Gasteiger partial charge in [-0.2, -0.15) is 0 Å². The number of rotatable bonds is 7. The molecule has 0 spiro atoms. The molecule has 0 saturated carbocycles. The zero-order chi connectivity index (χ0) is 19.9. The van der Waals surface area contributed by atoms with Gasteiger partial charge in [-0.1, -0.05) is 48.5 Å². The van der Waals surface area contributed by atoms with Crippen LogP contribution in [-0.4, -0.2) is 37.0 Å². The zero-order valence-electron chi connectivity index (χ0n) is 16.3. The number of amides is 1. The third-order valence-corrected chi connectivity index (χ3v) is 6.67. The number of hydrogen-bond donors (Lipinski definition) is 1. The van der Waals surface area contributed by atoms with E-state index in [1.807, 2.05) is 66.4 Å². The molecular formula is C24H25NO3S. The molecule has 4 nitrogen and oxygen atoms in total. The average molecular weight is 408 g/mol. The van der Waals surface area contributed by atoms with Gasteiger partial charge in [-0.25, -0.2) is 0 Å². The summed E-state index contributed by atoms with van der Waals surface area (Å²) in [6.45, 7) is 2.07. The van der Waals surface area contributed by atoms with E-state index in [1.165, 1.54) is 4.90 Å². The first-order valence-electron chi connectivity index (χ1n) is 9.93. The van der Waals surface area contributed by atoms with Crippen LogP contribution in [0.4, 0.5) is 0 Å². The predicted molar refractivity (Wildman–Crippen MR) is 118 cm³/mol. The minimum Gasteiger partial charge on any atom is -0.484 e. The minimum absolute atomic E-state index is 0.0148. The Morgan fingerprint density at radius 1 is 0.966 bits per heavy atom. The molecule has 1 saturated heterocycles. The number of ether oxygens (including phenoxy) is 2. The van der Waals surface area contributed by atoms with Crippen molar-refractivity contribution in [2.45, 2.75) is 22.5 Å². The zero-order valence-corrected chi connectivity index (χ0v) is 17.1. The van der Waals surface area contributed by atoms with Gasteiger partial charge in [0.15, 0.2) is 6.61 Å². The number of thioether (sulfide) groups is 1. The monoisotopic (exact) mass is 407 g/mol. The molecule has 1 aliphatic rings. The fourth-order valence-electron chi connectivity index (χ4n) is 3.51. The SMILES string of the molecule is O=C(COc1ccc2ccccc2c1)NCC1(Sc2ccccc2)CCOCC1. The van der Waals surface area contributed by atoms with E-state index in [2.05, 4.69) is 23.5 Å². The van der Waals surface area contributed by atoms with Crippen LogP contribution < -0.4 is 10.1 Å². The van der Waals surface area contributed by atoms with E-state index in [0.29, 0.717) is 12.3 Å². The third kappa shape index (κ3) is 5.31. The molecule has 0 unspecified atom stereocenters. The van der Waals surface area contributed by atoms with Gasteiger partial charge in [-0.15, -0.1) is 11.8 Å². The van der Waals surface area contributed by atoms with Crippen LogP contribution in [-0.2, 0) is 9.53 Å². The van der Waals surface area contributed by atoms with E-state index < -0.39 is 0 Å². The molecule has 1 N–H and O–H groups in total. The number of carbonyl (C=O) groups excluding carboxylic acids is 1. The van der Waals surface area contributed by atoms with Crippen LogP contribution in [0.25, 0.3) is 10.8 Å². The molecule has 5 heteroatoms. The molecule has 0 aromatic heterocycles. The molecule has 0 radical (unpaired) electrons. The highest BCUT2D eigenvalue weighted by Gasteiger charge is 2.34. The van der Waals surface area contributed by atoms with Gasteiger partial charge in [-0.3, -0.25) is 4.79 Å². The Morgan fingerprint density at radius 3 is 2.48 bits per heavy atom. The lowest BCUT2D eigenvalue weighted by Gasteiger charge is -2.36. The van der Waals surface area contributed by atoms with Crippen molar-refractivity contribution in [2.24, 2.45) is 0 Å². The lowest BCUT2D eigenvalue weighted by molar-refractivity contribution is -0.123. The van der Waals surface area contributed by atoms with Crippen molar-refractivity contribution in [1.82, 2.24) is 5.32 Å². The minimum atomic E-state index is -0.0994. The van der Waals surface area contributed by atoms with Crippen molar-refractivity contribution in [1.29, 1.82) is 0 Å². The molecule has 3 aromatic rings. The highest BCUT2D eigenvalue weighted by atomic mass is 32.2. The van der Waals surface area contributed by atoms with Crippen molar-refractivity contribution in [2.75, 3.05) is 26.4 Å². The highest BCUT2D eigenvalue weighted by Crippen LogP contribution is 2.40. The number of hydrogen-bond acceptors (Lipinski definition) is 4. The Balaban J connectivity index is 1.33. The quantitative estimate of drug-likeness (QED) is 0.618. The molecule has 0 atom stereocenters. The molecule has 1 heterocycles. The average Bonchev–Trinajstić information content (AvgIpc) is 2.77. The largest absolute Gasteiger partial charge is 0.484 e. The molecule has 150 valence electrons. The number of carbonyl (C=O) groups is 1. The first-order valence-corrected chi connectivity index (χ1v) is 10.7. The summed E-state index contributed by atoms with van der Waals surface area (Å²) in [5.74, 6) is 0.607. The topological polar surface area (TPSA) is 47.6 Å². The predicted octanol–water partition coefficient (Wildman–Crippen LogP) is 4.68. The maximum Gasteiger partial charge on any atom is 0.257 e. The lowest BCUT2D eigenvalue weighted by Crippen LogP contribution is -2.45. The molecule has 29 heavy (non-hydrogen) atoms. The first kappa shape index (κ1) is 19.8. The van der Waals surface area contributed by atoms with Crippen LogP contribution in [0.5, 0.6) is 5.75 Å². The highest BCUT2D eigenvalue weighted by molar-refractivity contribution is 8.00. The Hall–Kier alpha value is -2.50. The van der Waals surface area contributed by atoms with Gasteiger partial charge in [-0.05, 0) is 47.9 Å². The normalized spacial score (nSPS) is 15.7. The maximum absolute atomic E-state index is 12.4. The summed E-state index contributed by atoms with van der Waals surface area (Å²) in [7, 11) is 0. The Morgan fingerprint density at radius 2 is 1.69 bits per heavy atom. The number of benzene rings is 3. The van der Waals surface area contributed by atoms with Crippen LogP contribution in [0.2, 0.25) is 0 Å². The summed E-state index contributed by atoms with van der Waals surface area (Å²) in [6.07, 6.45) is 1.83. The smallest absolute Gasteiger partial charge is 0.257 e. The first-order chi connectivity index (χ1) is 14.2. The number of fused-ring (bicyclic) bond motifs is 1. The van der Waals surface area contributed by atoms with Crippen LogP contribution in [0.15, 0.2) is 77.7 Å². The third-order valence-electron chi connectivity index (χ3n) is 5.18. The lowest BCUT2D eigenvalue weighted by atomic mass is 9.99. The van der Waals surface area contributed by atoms with Crippen molar-refractivity contribution in [3.63, 3.8) is 0 Å². The Kier molecular flexibility index (Phi) is 6.37. The molecule has 1 aliphatic heterocycles. The van der Waals surface area contributed by atoms with Gasteiger partial charge in [0.05, 0.1) is 0 Å². The summed E-state index contributed by atoms with van der Waals surface area (Å²) >= 11 is 1.83. The molecule has 0 bridgehead atoms. The van der Waals surface area contributed by atoms with E-state index in [1.54, 1.807) is 0 Å². The summed E-state index contributed by atoms with van der Waals surface area (Å²) in [4.78, 5) is 13.7. The Labute approximate surface area is 175 Å². The fourth-order valence-corrected chi connectivity index (χ4v) is 4.82. The molecular weight excluding hydrogens is 382 g/mol. The van der Waals surface area contributed by atoms with E-state index in [0.717, 1.165) is 36.8 Å². The van der Waals surface area contributed by atoms with Crippen LogP contribution in [0.3, 0.4) is 0 Å². The molecule has 1 fully saturated rings. The van der Waals surface area contributed by atoms with Gasteiger partial charge in [0, 0.05) is 29.4 Å². The fraction of sp³-hybridized carbons (Fsp3) is 0.292. The van der Waals surface area contributed by atoms with Gasteiger partial charge in [0.2, 0.25) is 0 Å². The summed E-state index contributed by atoms with van der Waals surface area (Å²) in [6, 6.07) is 24.3. The van der Waals surface area contributed by atoms with Gasteiger partial charge in [0.25, 0.3) is 5.91 Å². The van der Waals surface area contributed by atoms with E-state index in [4.69, 9.17) is 9.47 Å². The number of nitrogens with one attached hydrogen (secondary N) is 1. The summed E-state index contributed by atoms with van der Waals surface area (Å²) in [5, 5.41) is 5.34. The van der Waals surface area contributed by atoms with E-state index in [-0.39, 0.29) is 17.3 Å². The van der Waals surface area contributed by atoms with Gasteiger partial charge < -0.3 is 14.8 Å². The van der Waals surface area contributed by atoms with Crippen molar-refractivity contribution in [3.05, 3.63) is 72.8 Å². The van der Waals surface area contributed by atoms with Gasteiger partial charge in [0.1, 0.15) is 5.75 Å². The second-order valence-corrected chi connectivity index (χ2v) is 8.83. The van der Waals surface area contributed by atoms with Crippen LogP contribution in [0, 0.1) is 0 Å². The Bertz CT molecular complexity index is 955. The molecule has 3 aromatic carbocycles. The van der Waals surface area contributed by atoms with Gasteiger partial charge >= 0.3 is 0 Å². The van der Waals surface area contributed by atoms with Crippen molar-refractivity contribution >= 4 is 28.4 Å². The molecule has 0 aliphatic carbocycles. The van der Waals surface area contributed by atoms with Crippen LogP contribution >= 0.6 is 11.8 Å². The van der Waals surface area contributed by atoms with Crippen LogP contribution in [0.1, 0.15) is 12.8 Å². The molecule has 4 rings (SSSR count). The summed E-state index contributed by atoms with van der Waals surface area (Å²) in [5.41, 5.74) is 0. The summed E-state index contributed by atoms with van der Waals surface area (Å²) < 4.78 is 11.2. The second kappa shape index (κ2) is 9.33. The standard InChI is InChI=1S/C24H25NO3S/c26-23(17-28-21-11-10-19-6-4-5-7-20(19)16-21)25-18-24(12-14-27-15-13-24)29-22-8-2-1-3-9-22/h1-11,16H,12-15,17-18H2,(H,25,26).